The molecule has 1 aromatic heterocycles. The Kier molecular flexibility index (Phi) is 9.97. The predicted octanol–water partition coefficient (Wildman–Crippen LogP) is 2.88. The highest BCUT2D eigenvalue weighted by atomic mass is 35.5. The highest BCUT2D eigenvalue weighted by Crippen LogP contribution is 2.22. The third-order valence-corrected chi connectivity index (χ3v) is 4.39. The summed E-state index contributed by atoms with van der Waals surface area (Å²) in [4.78, 5) is 7.18. The summed E-state index contributed by atoms with van der Waals surface area (Å²) in [5.41, 5.74) is 1.18. The maximum absolute atomic E-state index is 5.58. The minimum atomic E-state index is 0. The molecule has 7 heteroatoms. The van der Waals surface area contributed by atoms with Gasteiger partial charge in [-0.1, -0.05) is 0 Å². The van der Waals surface area contributed by atoms with Crippen molar-refractivity contribution in [1.82, 2.24) is 15.2 Å². The molecular weight excluding hydrogens is 317 g/mol. The van der Waals surface area contributed by atoms with Crippen molar-refractivity contribution >= 4 is 36.2 Å². The molecule has 1 aliphatic heterocycles. The van der Waals surface area contributed by atoms with E-state index < -0.39 is 0 Å². The third-order valence-electron chi connectivity index (χ3n) is 3.34. The van der Waals surface area contributed by atoms with Crippen LogP contribution >= 0.6 is 36.2 Å². The number of piperazine rings is 1. The molecule has 0 amide bonds. The van der Waals surface area contributed by atoms with E-state index >= 15 is 0 Å². The molecule has 0 radical (unpaired) electrons. The number of thiazole rings is 1. The molecule has 1 aromatic rings. The number of ether oxygens (including phenoxy) is 1. The zero-order valence-corrected chi connectivity index (χ0v) is 14.7. The molecule has 1 unspecified atom stereocenters. The van der Waals surface area contributed by atoms with Gasteiger partial charge in [-0.2, -0.15) is 0 Å². The monoisotopic (exact) mass is 341 g/mol. The largest absolute Gasteiger partial charge is 0.372 e. The van der Waals surface area contributed by atoms with Crippen LogP contribution in [0.4, 0.5) is 0 Å². The van der Waals surface area contributed by atoms with Crippen molar-refractivity contribution in [2.24, 2.45) is 0 Å². The van der Waals surface area contributed by atoms with Crippen molar-refractivity contribution < 1.29 is 4.74 Å². The molecule has 0 bridgehead atoms. The first-order valence-corrected chi connectivity index (χ1v) is 7.59. The van der Waals surface area contributed by atoms with Crippen molar-refractivity contribution in [3.63, 3.8) is 0 Å². The molecule has 1 aliphatic rings. The van der Waals surface area contributed by atoms with E-state index in [2.05, 4.69) is 34.4 Å². The lowest BCUT2D eigenvalue weighted by Gasteiger charge is -2.33. The molecule has 2 heterocycles. The van der Waals surface area contributed by atoms with Crippen LogP contribution in [0.1, 0.15) is 37.6 Å². The van der Waals surface area contributed by atoms with Crippen LogP contribution < -0.4 is 5.32 Å². The van der Waals surface area contributed by atoms with E-state index in [0.29, 0.717) is 6.04 Å². The molecule has 0 aromatic carbocycles. The highest BCUT2D eigenvalue weighted by molar-refractivity contribution is 7.09. The first-order valence-electron chi connectivity index (χ1n) is 6.71. The SMILES string of the molecule is CCOC(C)c1nc(CN2CCNC[C@@H]2C)cs1.Cl.Cl. The lowest BCUT2D eigenvalue weighted by molar-refractivity contribution is 0.0759. The van der Waals surface area contributed by atoms with E-state index in [1.54, 1.807) is 11.3 Å². The maximum Gasteiger partial charge on any atom is 0.122 e. The second kappa shape index (κ2) is 9.92. The zero-order valence-electron chi connectivity index (χ0n) is 12.3. The molecule has 0 saturated carbocycles. The molecule has 2 rings (SSSR count). The first kappa shape index (κ1) is 20.1. The number of rotatable bonds is 5. The summed E-state index contributed by atoms with van der Waals surface area (Å²) in [5.74, 6) is 0. The van der Waals surface area contributed by atoms with Crippen LogP contribution in [0.5, 0.6) is 0 Å². The molecular formula is C13H25Cl2N3OS. The molecule has 118 valence electrons. The van der Waals surface area contributed by atoms with Gasteiger partial charge in [-0.25, -0.2) is 4.98 Å². The minimum absolute atomic E-state index is 0. The van der Waals surface area contributed by atoms with Crippen LogP contribution in [-0.2, 0) is 11.3 Å². The standard InChI is InChI=1S/C13H23N3OS.2ClH/c1-4-17-11(3)13-15-12(9-18-13)8-16-6-5-14-7-10(16)2;;/h9-11,14H,4-8H2,1-3H3;2*1H/t10-,11?;;/m0../s1. The Morgan fingerprint density at radius 2 is 2.30 bits per heavy atom. The van der Waals surface area contributed by atoms with E-state index in [9.17, 15) is 0 Å². The van der Waals surface area contributed by atoms with Gasteiger partial charge in [-0.05, 0) is 20.8 Å². The number of halogens is 2. The Bertz CT molecular complexity index is 378. The molecule has 20 heavy (non-hydrogen) atoms. The number of nitrogens with one attached hydrogen (secondary N) is 1. The average molecular weight is 342 g/mol. The van der Waals surface area contributed by atoms with Crippen molar-refractivity contribution in [3.05, 3.63) is 16.1 Å². The lowest BCUT2D eigenvalue weighted by Crippen LogP contribution is -2.49. The summed E-state index contributed by atoms with van der Waals surface area (Å²) in [6.45, 7) is 11.3. The van der Waals surface area contributed by atoms with Gasteiger partial charge in [0, 0.05) is 44.2 Å². The highest BCUT2D eigenvalue weighted by Gasteiger charge is 2.19. The number of nitrogens with zero attached hydrogens (tertiary/aromatic N) is 2. The summed E-state index contributed by atoms with van der Waals surface area (Å²) >= 11 is 1.71. The van der Waals surface area contributed by atoms with Crippen LogP contribution in [0.25, 0.3) is 0 Å². The van der Waals surface area contributed by atoms with Crippen LogP contribution in [0.2, 0.25) is 0 Å². The minimum Gasteiger partial charge on any atom is -0.372 e. The van der Waals surface area contributed by atoms with Gasteiger partial charge >= 0.3 is 0 Å². The van der Waals surface area contributed by atoms with Gasteiger partial charge in [0.25, 0.3) is 0 Å². The summed E-state index contributed by atoms with van der Waals surface area (Å²) < 4.78 is 5.58. The molecule has 1 saturated heterocycles. The lowest BCUT2D eigenvalue weighted by atomic mass is 10.2. The Morgan fingerprint density at radius 3 is 2.95 bits per heavy atom. The number of hydrogen-bond donors (Lipinski definition) is 1. The van der Waals surface area contributed by atoms with Crippen LogP contribution in [0.3, 0.4) is 0 Å². The van der Waals surface area contributed by atoms with Crippen molar-refractivity contribution in [2.45, 2.75) is 39.5 Å². The fourth-order valence-electron chi connectivity index (χ4n) is 2.23. The van der Waals surface area contributed by atoms with Crippen LogP contribution in [0, 0.1) is 0 Å². The van der Waals surface area contributed by atoms with Gasteiger partial charge in [0.1, 0.15) is 11.1 Å². The Balaban J connectivity index is 0.00000180. The van der Waals surface area contributed by atoms with Gasteiger partial charge in [0.2, 0.25) is 0 Å². The Labute approximate surface area is 138 Å². The number of aromatic nitrogens is 1. The quantitative estimate of drug-likeness (QED) is 0.893. The topological polar surface area (TPSA) is 37.4 Å². The van der Waals surface area contributed by atoms with E-state index in [0.717, 1.165) is 37.8 Å². The molecule has 2 atom stereocenters. The van der Waals surface area contributed by atoms with Gasteiger partial charge in [-0.3, -0.25) is 4.90 Å². The summed E-state index contributed by atoms with van der Waals surface area (Å²) in [6, 6.07) is 0.591. The fraction of sp³-hybridized carbons (Fsp3) is 0.769. The average Bonchev–Trinajstić information content (AvgIpc) is 2.81. The summed E-state index contributed by atoms with van der Waals surface area (Å²) in [7, 11) is 0. The van der Waals surface area contributed by atoms with Gasteiger partial charge < -0.3 is 10.1 Å². The molecule has 1 fully saturated rings. The summed E-state index contributed by atoms with van der Waals surface area (Å²) in [6.07, 6.45) is 0.120. The van der Waals surface area contributed by atoms with Crippen molar-refractivity contribution in [1.29, 1.82) is 0 Å². The van der Waals surface area contributed by atoms with Crippen molar-refractivity contribution in [3.8, 4) is 0 Å². The Hall–Kier alpha value is 0.0900. The second-order valence-corrected chi connectivity index (χ2v) is 5.69. The first-order chi connectivity index (χ1) is 8.70. The molecule has 0 spiro atoms. The van der Waals surface area contributed by atoms with Gasteiger partial charge in [0.05, 0.1) is 5.69 Å². The van der Waals surface area contributed by atoms with E-state index in [1.165, 1.54) is 5.69 Å². The van der Waals surface area contributed by atoms with Crippen LogP contribution in [-0.4, -0.2) is 42.2 Å². The molecule has 4 nitrogen and oxygen atoms in total. The normalized spacial score (nSPS) is 20.9. The van der Waals surface area contributed by atoms with E-state index in [-0.39, 0.29) is 30.9 Å². The van der Waals surface area contributed by atoms with Gasteiger partial charge in [-0.15, -0.1) is 36.2 Å². The molecule has 1 N–H and O–H groups in total. The molecule has 0 aliphatic carbocycles. The Morgan fingerprint density at radius 1 is 1.55 bits per heavy atom. The maximum atomic E-state index is 5.58. The zero-order chi connectivity index (χ0) is 13.0. The van der Waals surface area contributed by atoms with E-state index in [4.69, 9.17) is 4.74 Å². The predicted molar refractivity (Wildman–Crippen MR) is 89.4 cm³/mol. The van der Waals surface area contributed by atoms with E-state index in [1.807, 2.05) is 6.92 Å². The van der Waals surface area contributed by atoms with Gasteiger partial charge in [0.15, 0.2) is 0 Å². The smallest absolute Gasteiger partial charge is 0.122 e. The van der Waals surface area contributed by atoms with Crippen molar-refractivity contribution in [2.75, 3.05) is 26.2 Å². The second-order valence-electron chi connectivity index (χ2n) is 4.80. The summed E-state index contributed by atoms with van der Waals surface area (Å²) in [5, 5.41) is 6.67. The van der Waals surface area contributed by atoms with Crippen LogP contribution in [0.15, 0.2) is 5.38 Å². The fourth-order valence-corrected chi connectivity index (χ4v) is 3.04. The third kappa shape index (κ3) is 5.47. The number of hydrogen-bond acceptors (Lipinski definition) is 5.